The molecule has 0 saturated carbocycles. The fraction of sp³-hybridized carbons (Fsp3) is 0.0556. The van der Waals surface area contributed by atoms with E-state index < -0.39 is 0 Å². The van der Waals surface area contributed by atoms with Crippen molar-refractivity contribution in [2.75, 3.05) is 12.4 Å². The number of thiazole rings is 2. The number of aromatic nitrogens is 4. The Balaban J connectivity index is 1.52. The van der Waals surface area contributed by atoms with Gasteiger partial charge in [0.25, 0.3) is 0 Å². The van der Waals surface area contributed by atoms with Gasteiger partial charge in [-0.15, -0.1) is 16.4 Å². The summed E-state index contributed by atoms with van der Waals surface area (Å²) in [6.45, 7) is 0. The number of nitrogens with zero attached hydrogens (tertiary/aromatic N) is 4. The summed E-state index contributed by atoms with van der Waals surface area (Å²) in [6, 6.07) is 13.5. The molecule has 0 fully saturated rings. The number of methoxy groups -OCH3 is 1. The Labute approximate surface area is 167 Å². The van der Waals surface area contributed by atoms with Crippen LogP contribution >= 0.6 is 34.3 Å². The van der Waals surface area contributed by atoms with E-state index in [1.165, 1.54) is 22.7 Å². The van der Waals surface area contributed by atoms with Crippen molar-refractivity contribution in [1.82, 2.24) is 19.6 Å². The van der Waals surface area contributed by atoms with E-state index in [4.69, 9.17) is 16.3 Å². The Bertz CT molecular complexity index is 1280. The molecule has 0 aliphatic carbocycles. The molecule has 0 amide bonds. The summed E-state index contributed by atoms with van der Waals surface area (Å²) in [7, 11) is 1.66. The van der Waals surface area contributed by atoms with Gasteiger partial charge >= 0.3 is 0 Å². The van der Waals surface area contributed by atoms with Crippen molar-refractivity contribution in [2.45, 2.75) is 0 Å². The van der Waals surface area contributed by atoms with Gasteiger partial charge in [0, 0.05) is 16.0 Å². The van der Waals surface area contributed by atoms with Crippen LogP contribution in [0.5, 0.6) is 5.75 Å². The van der Waals surface area contributed by atoms with Crippen LogP contribution in [0.2, 0.25) is 5.02 Å². The molecule has 3 aromatic heterocycles. The van der Waals surface area contributed by atoms with Crippen molar-refractivity contribution in [3.8, 4) is 17.0 Å². The highest BCUT2D eigenvalue weighted by atomic mass is 35.5. The molecular weight excluding hydrogens is 402 g/mol. The highest BCUT2D eigenvalue weighted by Crippen LogP contribution is 2.34. The standard InChI is InChI=1S/C18H12ClN5OS2/c1-25-14-5-3-2-4-11(14)13-9-26-18-22-16(23-24(13)18)21-17-20-12-7-6-10(19)8-15(12)27-17/h2-9H,1H3,(H,20,21,23). The predicted molar refractivity (Wildman–Crippen MR) is 111 cm³/mol. The molecule has 6 nitrogen and oxygen atoms in total. The van der Waals surface area contributed by atoms with Gasteiger partial charge in [0.05, 0.1) is 23.0 Å². The quantitative estimate of drug-likeness (QED) is 0.423. The number of ether oxygens (including phenoxy) is 1. The summed E-state index contributed by atoms with van der Waals surface area (Å²) in [5.74, 6) is 1.30. The molecule has 5 rings (SSSR count). The first kappa shape index (κ1) is 16.5. The molecule has 3 heterocycles. The average molecular weight is 414 g/mol. The van der Waals surface area contributed by atoms with E-state index in [0.717, 1.165) is 37.3 Å². The minimum absolute atomic E-state index is 0.503. The fourth-order valence-electron chi connectivity index (χ4n) is 2.82. The topological polar surface area (TPSA) is 64.3 Å². The van der Waals surface area contributed by atoms with Crippen molar-refractivity contribution in [3.05, 3.63) is 52.9 Å². The lowest BCUT2D eigenvalue weighted by Crippen LogP contribution is -1.95. The molecule has 2 aromatic carbocycles. The molecular formula is C18H12ClN5OS2. The highest BCUT2D eigenvalue weighted by molar-refractivity contribution is 7.22. The van der Waals surface area contributed by atoms with Crippen molar-refractivity contribution >= 4 is 60.5 Å². The van der Waals surface area contributed by atoms with Crippen molar-refractivity contribution in [3.63, 3.8) is 0 Å². The Morgan fingerprint density at radius 3 is 2.93 bits per heavy atom. The number of para-hydroxylation sites is 1. The molecule has 0 radical (unpaired) electrons. The Morgan fingerprint density at radius 2 is 2.04 bits per heavy atom. The van der Waals surface area contributed by atoms with Gasteiger partial charge in [-0.25, -0.2) is 9.50 Å². The summed E-state index contributed by atoms with van der Waals surface area (Å²) >= 11 is 9.09. The Morgan fingerprint density at radius 1 is 1.15 bits per heavy atom. The minimum atomic E-state index is 0.503. The summed E-state index contributed by atoms with van der Waals surface area (Å²) in [5.41, 5.74) is 2.80. The Kier molecular flexibility index (Phi) is 3.96. The SMILES string of the molecule is COc1ccccc1-c1csc2nc(Nc3nc4ccc(Cl)cc4s3)nn12. The zero-order valence-corrected chi connectivity index (χ0v) is 16.4. The fourth-order valence-corrected chi connectivity index (χ4v) is 4.78. The van der Waals surface area contributed by atoms with E-state index in [9.17, 15) is 0 Å². The summed E-state index contributed by atoms with van der Waals surface area (Å²) in [6.07, 6.45) is 0. The van der Waals surface area contributed by atoms with Crippen molar-refractivity contribution in [2.24, 2.45) is 0 Å². The monoisotopic (exact) mass is 413 g/mol. The van der Waals surface area contributed by atoms with Crippen LogP contribution < -0.4 is 10.1 Å². The van der Waals surface area contributed by atoms with Crippen LogP contribution in [-0.2, 0) is 0 Å². The van der Waals surface area contributed by atoms with Crippen molar-refractivity contribution in [1.29, 1.82) is 0 Å². The van der Waals surface area contributed by atoms with Crippen LogP contribution in [0.1, 0.15) is 0 Å². The van der Waals surface area contributed by atoms with Gasteiger partial charge in [0.2, 0.25) is 10.9 Å². The van der Waals surface area contributed by atoms with Crippen LogP contribution in [-0.4, -0.2) is 26.7 Å². The largest absolute Gasteiger partial charge is 0.496 e. The summed E-state index contributed by atoms with van der Waals surface area (Å²) < 4.78 is 8.30. The third kappa shape index (κ3) is 2.91. The van der Waals surface area contributed by atoms with Crippen LogP contribution in [0, 0.1) is 0 Å². The van der Waals surface area contributed by atoms with Gasteiger partial charge in [-0.2, -0.15) is 4.98 Å². The Hall–Kier alpha value is -2.68. The second-order valence-corrected chi connectivity index (χ2v) is 8.01. The minimum Gasteiger partial charge on any atom is -0.496 e. The van der Waals surface area contributed by atoms with Crippen LogP contribution in [0.4, 0.5) is 11.1 Å². The first-order valence-corrected chi connectivity index (χ1v) is 10.1. The molecule has 0 spiro atoms. The predicted octanol–water partition coefficient (Wildman–Crippen LogP) is 5.47. The average Bonchev–Trinajstić information content (AvgIpc) is 3.35. The lowest BCUT2D eigenvalue weighted by Gasteiger charge is -2.06. The van der Waals surface area contributed by atoms with Crippen LogP contribution in [0.25, 0.3) is 26.4 Å². The van der Waals surface area contributed by atoms with Gasteiger partial charge in [0.1, 0.15) is 5.75 Å². The first-order chi connectivity index (χ1) is 13.2. The lowest BCUT2D eigenvalue weighted by molar-refractivity contribution is 0.416. The van der Waals surface area contributed by atoms with Gasteiger partial charge in [-0.05, 0) is 30.3 Å². The molecule has 0 saturated heterocycles. The molecule has 0 aliphatic heterocycles. The third-order valence-electron chi connectivity index (χ3n) is 4.03. The van der Waals surface area contributed by atoms with Gasteiger partial charge in [-0.3, -0.25) is 5.32 Å². The number of fused-ring (bicyclic) bond motifs is 2. The van der Waals surface area contributed by atoms with Crippen LogP contribution in [0.3, 0.4) is 0 Å². The molecule has 1 N–H and O–H groups in total. The second kappa shape index (κ2) is 6.49. The summed E-state index contributed by atoms with van der Waals surface area (Å²) in [5, 5.41) is 11.2. The molecule has 27 heavy (non-hydrogen) atoms. The van der Waals surface area contributed by atoms with E-state index in [0.29, 0.717) is 11.0 Å². The number of anilines is 2. The number of rotatable bonds is 4. The number of hydrogen-bond acceptors (Lipinski definition) is 7. The zero-order chi connectivity index (χ0) is 18.4. The molecule has 0 atom stereocenters. The molecule has 0 bridgehead atoms. The lowest BCUT2D eigenvalue weighted by atomic mass is 10.1. The number of nitrogens with one attached hydrogen (secondary N) is 1. The van der Waals surface area contributed by atoms with Gasteiger partial charge < -0.3 is 4.74 Å². The molecule has 134 valence electrons. The van der Waals surface area contributed by atoms with E-state index in [1.807, 2.05) is 52.4 Å². The zero-order valence-electron chi connectivity index (χ0n) is 14.0. The normalized spacial score (nSPS) is 11.3. The molecule has 0 unspecified atom stereocenters. The van der Waals surface area contributed by atoms with Gasteiger partial charge in [-0.1, -0.05) is 35.1 Å². The molecule has 0 aliphatic rings. The number of halogens is 1. The summed E-state index contributed by atoms with van der Waals surface area (Å²) in [4.78, 5) is 9.91. The highest BCUT2D eigenvalue weighted by Gasteiger charge is 2.15. The smallest absolute Gasteiger partial charge is 0.250 e. The maximum absolute atomic E-state index is 6.05. The first-order valence-electron chi connectivity index (χ1n) is 8.02. The maximum Gasteiger partial charge on any atom is 0.250 e. The number of benzene rings is 2. The number of hydrogen-bond donors (Lipinski definition) is 1. The van der Waals surface area contributed by atoms with E-state index in [2.05, 4.69) is 20.4 Å². The maximum atomic E-state index is 6.05. The van der Waals surface area contributed by atoms with Crippen molar-refractivity contribution < 1.29 is 4.74 Å². The van der Waals surface area contributed by atoms with E-state index in [-0.39, 0.29) is 0 Å². The van der Waals surface area contributed by atoms with Gasteiger partial charge in [0.15, 0.2) is 5.13 Å². The third-order valence-corrected chi connectivity index (χ3v) is 6.02. The molecule has 5 aromatic rings. The van der Waals surface area contributed by atoms with Crippen LogP contribution in [0.15, 0.2) is 47.8 Å². The second-order valence-electron chi connectivity index (χ2n) is 5.71. The van der Waals surface area contributed by atoms with E-state index >= 15 is 0 Å². The van der Waals surface area contributed by atoms with E-state index in [1.54, 1.807) is 7.11 Å². The molecule has 9 heteroatoms.